The highest BCUT2D eigenvalue weighted by Crippen LogP contribution is 2.30. The maximum absolute atomic E-state index is 12.7. The Morgan fingerprint density at radius 2 is 1.81 bits per heavy atom. The minimum absolute atomic E-state index is 0.150. The molecule has 1 unspecified atom stereocenters. The van der Waals surface area contributed by atoms with E-state index in [1.54, 1.807) is 32.0 Å². The van der Waals surface area contributed by atoms with E-state index in [-0.39, 0.29) is 23.7 Å². The summed E-state index contributed by atoms with van der Waals surface area (Å²) in [5.74, 6) is -0.433. The van der Waals surface area contributed by atoms with Gasteiger partial charge in [0.15, 0.2) is 0 Å². The number of nitriles is 1. The van der Waals surface area contributed by atoms with E-state index in [2.05, 4.69) is 42.8 Å². The Balaban J connectivity index is 1.38. The van der Waals surface area contributed by atoms with Crippen LogP contribution in [0, 0.1) is 25.2 Å². The highest BCUT2D eigenvalue weighted by atomic mass is 19.4. The first-order valence-electron chi connectivity index (χ1n) is 14.0. The first kappa shape index (κ1) is 30.8. The summed E-state index contributed by atoms with van der Waals surface area (Å²) in [6.45, 7) is 8.47. The van der Waals surface area contributed by atoms with Crippen LogP contribution in [-0.2, 0) is 6.54 Å². The molecule has 1 amide bonds. The summed E-state index contributed by atoms with van der Waals surface area (Å²) in [7, 11) is 0. The van der Waals surface area contributed by atoms with Crippen molar-refractivity contribution in [3.63, 3.8) is 0 Å². The SMILES string of the molecule is Cc1ncnc(C)c1C(=O)NCCC(C)N1CCC(N(Cc2cccc(C#N)c2)c2ccc(OC(F)(F)F)cc2)CC1. The van der Waals surface area contributed by atoms with Crippen molar-refractivity contribution >= 4 is 11.6 Å². The number of likely N-dealkylation sites (tertiary alicyclic amines) is 1. The smallest absolute Gasteiger partial charge is 0.406 e. The van der Waals surface area contributed by atoms with Crippen molar-refractivity contribution in [3.05, 3.63) is 82.9 Å². The number of alkyl halides is 3. The van der Waals surface area contributed by atoms with Crippen molar-refractivity contribution in [1.82, 2.24) is 20.2 Å². The van der Waals surface area contributed by atoms with Gasteiger partial charge in [-0.1, -0.05) is 12.1 Å². The van der Waals surface area contributed by atoms with Gasteiger partial charge in [0.1, 0.15) is 12.1 Å². The molecule has 0 aliphatic carbocycles. The highest BCUT2D eigenvalue weighted by Gasteiger charge is 2.31. The van der Waals surface area contributed by atoms with Crippen molar-refractivity contribution in [1.29, 1.82) is 5.26 Å². The molecule has 0 bridgehead atoms. The molecular formula is C31H35F3N6O2. The molecule has 4 rings (SSSR count). The number of hydrogen-bond acceptors (Lipinski definition) is 7. The summed E-state index contributed by atoms with van der Waals surface area (Å²) in [6, 6.07) is 15.9. The van der Waals surface area contributed by atoms with E-state index in [1.165, 1.54) is 18.5 Å². The lowest BCUT2D eigenvalue weighted by Gasteiger charge is -2.42. The molecule has 3 aromatic rings. The standard InChI is InChI=1S/C31H35F3N6O2/c1-21(11-14-36-30(41)29-22(2)37-20-38-23(29)3)39-15-12-27(13-16-39)40(19-25-6-4-5-24(17-25)18-35)26-7-9-28(10-8-26)42-31(32,33)34/h4-10,17,20-21,27H,11-16,19H2,1-3H3,(H,36,41). The molecule has 42 heavy (non-hydrogen) atoms. The van der Waals surface area contributed by atoms with Crippen LogP contribution in [0.4, 0.5) is 18.9 Å². The van der Waals surface area contributed by atoms with Crippen LogP contribution in [0.25, 0.3) is 0 Å². The summed E-state index contributed by atoms with van der Waals surface area (Å²) in [4.78, 5) is 25.5. The molecule has 1 N–H and O–H groups in total. The molecular weight excluding hydrogens is 545 g/mol. The van der Waals surface area contributed by atoms with E-state index in [1.807, 2.05) is 18.2 Å². The number of piperidine rings is 1. The van der Waals surface area contributed by atoms with Crippen LogP contribution in [0.1, 0.15) is 59.1 Å². The molecule has 0 radical (unpaired) electrons. The summed E-state index contributed by atoms with van der Waals surface area (Å²) >= 11 is 0. The minimum Gasteiger partial charge on any atom is -0.406 e. The second kappa shape index (κ2) is 13.7. The van der Waals surface area contributed by atoms with Crippen LogP contribution in [0.3, 0.4) is 0 Å². The number of aromatic nitrogens is 2. The summed E-state index contributed by atoms with van der Waals surface area (Å²) in [5, 5.41) is 12.3. The van der Waals surface area contributed by atoms with E-state index >= 15 is 0 Å². The van der Waals surface area contributed by atoms with Gasteiger partial charge in [-0.25, -0.2) is 9.97 Å². The van der Waals surface area contributed by atoms with Gasteiger partial charge < -0.3 is 19.9 Å². The Bertz CT molecular complexity index is 1380. The highest BCUT2D eigenvalue weighted by molar-refractivity contribution is 5.96. The average molecular weight is 581 g/mol. The average Bonchev–Trinajstić information content (AvgIpc) is 2.96. The summed E-state index contributed by atoms with van der Waals surface area (Å²) in [5.41, 5.74) is 4.12. The third-order valence-electron chi connectivity index (χ3n) is 7.68. The Morgan fingerprint density at radius 1 is 1.14 bits per heavy atom. The summed E-state index contributed by atoms with van der Waals surface area (Å²) < 4.78 is 42.1. The second-order valence-electron chi connectivity index (χ2n) is 10.6. The van der Waals surface area contributed by atoms with Crippen LogP contribution < -0.4 is 15.0 Å². The van der Waals surface area contributed by atoms with Gasteiger partial charge in [-0.15, -0.1) is 13.2 Å². The lowest BCUT2D eigenvalue weighted by atomic mass is 9.99. The molecule has 1 aliphatic rings. The lowest BCUT2D eigenvalue weighted by Crippen LogP contribution is -2.48. The molecule has 1 aromatic heterocycles. The number of nitrogens with one attached hydrogen (secondary N) is 1. The lowest BCUT2D eigenvalue weighted by molar-refractivity contribution is -0.274. The van der Waals surface area contributed by atoms with Crippen LogP contribution in [0.15, 0.2) is 54.9 Å². The number of halogens is 3. The maximum atomic E-state index is 12.7. The second-order valence-corrected chi connectivity index (χ2v) is 10.6. The van der Waals surface area contributed by atoms with E-state index in [0.29, 0.717) is 35.6 Å². The van der Waals surface area contributed by atoms with Gasteiger partial charge in [-0.2, -0.15) is 5.26 Å². The monoisotopic (exact) mass is 580 g/mol. The first-order chi connectivity index (χ1) is 20.0. The first-order valence-corrected chi connectivity index (χ1v) is 14.0. The van der Waals surface area contributed by atoms with Gasteiger partial charge in [0.05, 0.1) is 28.6 Å². The van der Waals surface area contributed by atoms with Crippen molar-refractivity contribution in [2.75, 3.05) is 24.5 Å². The van der Waals surface area contributed by atoms with Gasteiger partial charge in [-0.3, -0.25) is 4.79 Å². The number of anilines is 1. The van der Waals surface area contributed by atoms with Crippen LogP contribution in [-0.4, -0.2) is 58.9 Å². The predicted octanol–water partition coefficient (Wildman–Crippen LogP) is 5.54. The fraction of sp³-hybridized carbons (Fsp3) is 0.419. The number of carbonyl (C=O) groups excluding carboxylic acids is 1. The zero-order valence-electron chi connectivity index (χ0n) is 24.0. The largest absolute Gasteiger partial charge is 0.573 e. The fourth-order valence-corrected chi connectivity index (χ4v) is 5.43. The minimum atomic E-state index is -4.75. The van der Waals surface area contributed by atoms with Gasteiger partial charge in [0, 0.05) is 44.0 Å². The van der Waals surface area contributed by atoms with E-state index < -0.39 is 6.36 Å². The van der Waals surface area contributed by atoms with E-state index in [4.69, 9.17) is 0 Å². The van der Waals surface area contributed by atoms with E-state index in [9.17, 15) is 23.2 Å². The Hall–Kier alpha value is -4.17. The predicted molar refractivity (Wildman–Crippen MR) is 153 cm³/mol. The molecule has 1 atom stereocenters. The number of aryl methyl sites for hydroxylation is 2. The molecule has 0 spiro atoms. The van der Waals surface area contributed by atoms with E-state index in [0.717, 1.165) is 43.6 Å². The Labute approximate surface area is 244 Å². The number of benzene rings is 2. The molecule has 0 saturated carbocycles. The number of hydrogen-bond donors (Lipinski definition) is 1. The number of carbonyl (C=O) groups is 1. The van der Waals surface area contributed by atoms with Gasteiger partial charge >= 0.3 is 6.36 Å². The van der Waals surface area contributed by atoms with Gasteiger partial charge in [0.25, 0.3) is 5.91 Å². The van der Waals surface area contributed by atoms with Crippen LogP contribution in [0.5, 0.6) is 5.75 Å². The molecule has 2 heterocycles. The third kappa shape index (κ3) is 8.19. The van der Waals surface area contributed by atoms with Gasteiger partial charge in [0.2, 0.25) is 0 Å². The normalized spacial score (nSPS) is 15.1. The molecule has 8 nitrogen and oxygen atoms in total. The molecule has 11 heteroatoms. The quantitative estimate of drug-likeness (QED) is 0.336. The zero-order valence-corrected chi connectivity index (χ0v) is 24.0. The molecule has 1 saturated heterocycles. The van der Waals surface area contributed by atoms with Crippen molar-refractivity contribution in [3.8, 4) is 11.8 Å². The maximum Gasteiger partial charge on any atom is 0.573 e. The van der Waals surface area contributed by atoms with Crippen molar-refractivity contribution in [2.45, 2.75) is 65.0 Å². The number of amides is 1. The third-order valence-corrected chi connectivity index (χ3v) is 7.68. The molecule has 1 aliphatic heterocycles. The van der Waals surface area contributed by atoms with Crippen LogP contribution in [0.2, 0.25) is 0 Å². The van der Waals surface area contributed by atoms with Crippen molar-refractivity contribution < 1.29 is 22.7 Å². The van der Waals surface area contributed by atoms with Crippen molar-refractivity contribution in [2.24, 2.45) is 0 Å². The Kier molecular flexibility index (Phi) is 10.0. The summed E-state index contributed by atoms with van der Waals surface area (Å²) in [6.07, 6.45) is -0.800. The van der Waals surface area contributed by atoms with Crippen LogP contribution >= 0.6 is 0 Å². The number of ether oxygens (including phenoxy) is 1. The Morgan fingerprint density at radius 3 is 2.43 bits per heavy atom. The molecule has 1 fully saturated rings. The molecule has 222 valence electrons. The van der Waals surface area contributed by atoms with Gasteiger partial charge in [-0.05, 0) is 82.0 Å². The zero-order chi connectivity index (χ0) is 30.3. The topological polar surface area (TPSA) is 94.4 Å². The number of rotatable bonds is 10. The fourth-order valence-electron chi connectivity index (χ4n) is 5.43. The number of nitrogens with zero attached hydrogens (tertiary/aromatic N) is 5. The molecule has 2 aromatic carbocycles.